The Labute approximate surface area is 114 Å². The molecular weight excluding hydrogens is 240 g/mol. The first-order valence-electron chi connectivity index (χ1n) is 7.36. The van der Waals surface area contributed by atoms with Crippen molar-refractivity contribution in [1.82, 2.24) is 9.78 Å². The molecule has 0 bridgehead atoms. The summed E-state index contributed by atoms with van der Waals surface area (Å²) in [5.74, 6) is 2.48. The number of nitrogens with zero attached hydrogens (tertiary/aromatic N) is 3. The average molecular weight is 264 g/mol. The largest absolute Gasteiger partial charge is 0.384 e. The first-order valence-corrected chi connectivity index (χ1v) is 7.36. The van der Waals surface area contributed by atoms with Crippen LogP contribution in [0.25, 0.3) is 0 Å². The number of hydrogen-bond acceptors (Lipinski definition) is 4. The van der Waals surface area contributed by atoms with E-state index in [2.05, 4.69) is 18.7 Å². The van der Waals surface area contributed by atoms with Gasteiger partial charge < -0.3 is 15.4 Å². The van der Waals surface area contributed by atoms with Crippen molar-refractivity contribution < 1.29 is 4.74 Å². The molecule has 2 N–H and O–H groups in total. The monoisotopic (exact) mass is 264 g/mol. The molecule has 3 heterocycles. The maximum absolute atomic E-state index is 6.07. The van der Waals surface area contributed by atoms with Crippen LogP contribution in [0, 0.1) is 5.92 Å². The standard InChI is InChI=1S/C14H24N4O/c1-10(2)18-13(15)7-14(16-18)17-6-4-3-5-12(17)11-8-19-9-11/h7,10-12H,3-6,8-9,15H2,1-2H3. The van der Waals surface area contributed by atoms with Crippen LogP contribution in [0.2, 0.25) is 0 Å². The predicted molar refractivity (Wildman–Crippen MR) is 76.3 cm³/mol. The Bertz CT molecular complexity index is 439. The van der Waals surface area contributed by atoms with Crippen molar-refractivity contribution in [3.05, 3.63) is 6.07 Å². The molecule has 2 aliphatic rings. The molecule has 0 aliphatic carbocycles. The minimum Gasteiger partial charge on any atom is -0.384 e. The molecule has 5 heteroatoms. The van der Waals surface area contributed by atoms with Gasteiger partial charge in [0.2, 0.25) is 0 Å². The minimum atomic E-state index is 0.309. The van der Waals surface area contributed by atoms with E-state index in [0.717, 1.165) is 31.4 Å². The molecule has 106 valence electrons. The third-order valence-corrected chi connectivity index (χ3v) is 4.29. The molecule has 1 aromatic heterocycles. The van der Waals surface area contributed by atoms with Crippen LogP contribution in [-0.4, -0.2) is 35.6 Å². The molecule has 0 aromatic carbocycles. The molecule has 2 fully saturated rings. The summed E-state index contributed by atoms with van der Waals surface area (Å²) in [5.41, 5.74) is 6.07. The fourth-order valence-electron chi connectivity index (χ4n) is 3.16. The highest BCUT2D eigenvalue weighted by atomic mass is 16.5. The van der Waals surface area contributed by atoms with Crippen LogP contribution >= 0.6 is 0 Å². The van der Waals surface area contributed by atoms with Crippen molar-refractivity contribution in [3.8, 4) is 0 Å². The molecule has 2 saturated heterocycles. The smallest absolute Gasteiger partial charge is 0.153 e. The number of ether oxygens (including phenoxy) is 1. The Morgan fingerprint density at radius 1 is 1.37 bits per heavy atom. The van der Waals surface area contributed by atoms with Gasteiger partial charge in [-0.25, -0.2) is 4.68 Å². The molecule has 1 unspecified atom stereocenters. The van der Waals surface area contributed by atoms with Crippen molar-refractivity contribution in [2.24, 2.45) is 5.92 Å². The van der Waals surface area contributed by atoms with Crippen LogP contribution in [0.15, 0.2) is 6.07 Å². The molecule has 0 radical (unpaired) electrons. The van der Waals surface area contributed by atoms with E-state index >= 15 is 0 Å². The van der Waals surface area contributed by atoms with E-state index in [4.69, 9.17) is 15.6 Å². The van der Waals surface area contributed by atoms with Gasteiger partial charge in [0.05, 0.1) is 13.2 Å². The molecular formula is C14H24N4O. The fraction of sp³-hybridized carbons (Fsp3) is 0.786. The second kappa shape index (κ2) is 5.04. The van der Waals surface area contributed by atoms with E-state index in [1.165, 1.54) is 19.3 Å². The van der Waals surface area contributed by atoms with E-state index in [1.807, 2.05) is 10.7 Å². The molecule has 0 spiro atoms. The zero-order chi connectivity index (χ0) is 13.4. The zero-order valence-electron chi connectivity index (χ0n) is 11.9. The third-order valence-electron chi connectivity index (χ3n) is 4.29. The van der Waals surface area contributed by atoms with Crippen LogP contribution in [0.4, 0.5) is 11.6 Å². The van der Waals surface area contributed by atoms with Crippen molar-refractivity contribution in [2.75, 3.05) is 30.4 Å². The SMILES string of the molecule is CC(C)n1nc(N2CCCCC2C2COC2)cc1N. The van der Waals surface area contributed by atoms with Gasteiger partial charge in [0.15, 0.2) is 5.82 Å². The molecule has 5 nitrogen and oxygen atoms in total. The lowest BCUT2D eigenvalue weighted by molar-refractivity contribution is -0.0480. The minimum absolute atomic E-state index is 0.309. The van der Waals surface area contributed by atoms with Gasteiger partial charge in [0, 0.05) is 30.6 Å². The second-order valence-electron chi connectivity index (χ2n) is 6.02. The van der Waals surface area contributed by atoms with Crippen LogP contribution in [0.3, 0.4) is 0 Å². The number of rotatable bonds is 3. The lowest BCUT2D eigenvalue weighted by Gasteiger charge is -2.43. The quantitative estimate of drug-likeness (QED) is 0.908. The second-order valence-corrected chi connectivity index (χ2v) is 6.02. The molecule has 0 saturated carbocycles. The summed E-state index contributed by atoms with van der Waals surface area (Å²) in [5, 5.41) is 4.70. The average Bonchev–Trinajstić information content (AvgIpc) is 2.70. The number of aromatic nitrogens is 2. The van der Waals surface area contributed by atoms with Crippen LogP contribution in [0.1, 0.15) is 39.2 Å². The Morgan fingerprint density at radius 2 is 2.16 bits per heavy atom. The van der Waals surface area contributed by atoms with Gasteiger partial charge in [-0.2, -0.15) is 5.10 Å². The molecule has 0 amide bonds. The van der Waals surface area contributed by atoms with Gasteiger partial charge in [0.1, 0.15) is 5.82 Å². The first kappa shape index (κ1) is 12.8. The van der Waals surface area contributed by atoms with Gasteiger partial charge in [-0.15, -0.1) is 0 Å². The van der Waals surface area contributed by atoms with Crippen LogP contribution in [-0.2, 0) is 4.74 Å². The van der Waals surface area contributed by atoms with E-state index in [1.54, 1.807) is 0 Å². The van der Waals surface area contributed by atoms with Gasteiger partial charge in [-0.3, -0.25) is 0 Å². The van der Waals surface area contributed by atoms with Crippen molar-refractivity contribution in [3.63, 3.8) is 0 Å². The van der Waals surface area contributed by atoms with Gasteiger partial charge >= 0.3 is 0 Å². The van der Waals surface area contributed by atoms with Gasteiger partial charge in [-0.1, -0.05) is 0 Å². The summed E-state index contributed by atoms with van der Waals surface area (Å²) in [6.07, 6.45) is 3.82. The highest BCUT2D eigenvalue weighted by Crippen LogP contribution is 2.32. The Balaban J connectivity index is 1.83. The van der Waals surface area contributed by atoms with Crippen molar-refractivity contribution in [2.45, 2.75) is 45.2 Å². The van der Waals surface area contributed by atoms with Crippen LogP contribution in [0.5, 0.6) is 0 Å². The summed E-state index contributed by atoms with van der Waals surface area (Å²) in [6.45, 7) is 7.12. The van der Waals surface area contributed by atoms with E-state index < -0.39 is 0 Å². The van der Waals surface area contributed by atoms with Crippen molar-refractivity contribution in [1.29, 1.82) is 0 Å². The third kappa shape index (κ3) is 2.31. The lowest BCUT2D eigenvalue weighted by atomic mass is 9.89. The number of nitrogens with two attached hydrogens (primary N) is 1. The normalized spacial score (nSPS) is 24.8. The van der Waals surface area contributed by atoms with E-state index in [9.17, 15) is 0 Å². The molecule has 2 aliphatic heterocycles. The highest BCUT2D eigenvalue weighted by molar-refractivity contribution is 5.49. The van der Waals surface area contributed by atoms with Crippen molar-refractivity contribution >= 4 is 11.6 Å². The Hall–Kier alpha value is -1.23. The summed E-state index contributed by atoms with van der Waals surface area (Å²) < 4.78 is 7.28. The zero-order valence-corrected chi connectivity index (χ0v) is 11.9. The summed E-state index contributed by atoms with van der Waals surface area (Å²) in [4.78, 5) is 2.45. The Morgan fingerprint density at radius 3 is 2.74 bits per heavy atom. The summed E-state index contributed by atoms with van der Waals surface area (Å²) >= 11 is 0. The highest BCUT2D eigenvalue weighted by Gasteiger charge is 2.35. The lowest BCUT2D eigenvalue weighted by Crippen LogP contribution is -2.51. The van der Waals surface area contributed by atoms with Gasteiger partial charge in [-0.05, 0) is 33.1 Å². The number of nitrogen functional groups attached to an aromatic ring is 1. The van der Waals surface area contributed by atoms with Gasteiger partial charge in [0.25, 0.3) is 0 Å². The maximum Gasteiger partial charge on any atom is 0.153 e. The first-order chi connectivity index (χ1) is 9.16. The Kier molecular flexibility index (Phi) is 3.39. The van der Waals surface area contributed by atoms with E-state index in [0.29, 0.717) is 18.0 Å². The summed E-state index contributed by atoms with van der Waals surface area (Å²) in [7, 11) is 0. The number of hydrogen-bond donors (Lipinski definition) is 1. The molecule has 1 aromatic rings. The predicted octanol–water partition coefficient (Wildman–Crippen LogP) is 2.05. The fourth-order valence-corrected chi connectivity index (χ4v) is 3.16. The number of piperidine rings is 1. The summed E-state index contributed by atoms with van der Waals surface area (Å²) in [6, 6.07) is 2.92. The molecule has 1 atom stereocenters. The number of anilines is 2. The maximum atomic E-state index is 6.07. The molecule has 3 rings (SSSR count). The van der Waals surface area contributed by atoms with E-state index in [-0.39, 0.29) is 0 Å². The molecule has 19 heavy (non-hydrogen) atoms. The van der Waals surface area contributed by atoms with Crippen LogP contribution < -0.4 is 10.6 Å². The topological polar surface area (TPSA) is 56.3 Å².